The Bertz CT molecular complexity index is 955. The molecule has 5 nitrogen and oxygen atoms in total. The first kappa shape index (κ1) is 17.9. The molecule has 3 rings (SSSR count). The highest BCUT2D eigenvalue weighted by Crippen LogP contribution is 2.38. The van der Waals surface area contributed by atoms with Crippen LogP contribution in [0.1, 0.15) is 37.9 Å². The van der Waals surface area contributed by atoms with Crippen LogP contribution in [0.4, 0.5) is 5.69 Å². The maximum absolute atomic E-state index is 12.7. The minimum Gasteiger partial charge on any atom is -0.325 e. The lowest BCUT2D eigenvalue weighted by Crippen LogP contribution is -2.28. The Hall–Kier alpha value is -1.89. The van der Waals surface area contributed by atoms with Gasteiger partial charge >= 0.3 is 0 Å². The van der Waals surface area contributed by atoms with Crippen LogP contribution in [0, 0.1) is 0 Å². The van der Waals surface area contributed by atoms with E-state index in [2.05, 4.69) is 10.0 Å². The van der Waals surface area contributed by atoms with Crippen molar-refractivity contribution in [3.05, 3.63) is 58.6 Å². The van der Waals surface area contributed by atoms with Gasteiger partial charge in [0.15, 0.2) is 0 Å². The summed E-state index contributed by atoms with van der Waals surface area (Å²) in [6.45, 7) is 5.30. The van der Waals surface area contributed by atoms with Gasteiger partial charge in [0.1, 0.15) is 0 Å². The highest BCUT2D eigenvalue weighted by atomic mass is 35.5. The van der Waals surface area contributed by atoms with E-state index in [4.69, 9.17) is 11.6 Å². The lowest BCUT2D eigenvalue weighted by Gasteiger charge is -2.18. The average molecular weight is 379 g/mol. The number of fused-ring (bicyclic) bond motifs is 1. The van der Waals surface area contributed by atoms with Crippen molar-refractivity contribution < 1.29 is 13.2 Å². The van der Waals surface area contributed by atoms with Crippen molar-refractivity contribution in [2.45, 2.75) is 37.1 Å². The van der Waals surface area contributed by atoms with Crippen LogP contribution in [0.25, 0.3) is 0 Å². The van der Waals surface area contributed by atoms with Crippen molar-refractivity contribution in [3.8, 4) is 0 Å². The standard InChI is InChI=1S/C18H19ClN2O3S/c1-11(12-5-4-6-13(19)9-12)21-25(23,24)14-7-8-16-15(10-14)18(2,3)17(22)20-16/h4-11,21H,1-3H3,(H,20,22). The van der Waals surface area contributed by atoms with Gasteiger partial charge in [-0.3, -0.25) is 4.79 Å². The minimum atomic E-state index is -3.74. The monoisotopic (exact) mass is 378 g/mol. The number of amides is 1. The molecule has 1 heterocycles. The first-order chi connectivity index (χ1) is 11.6. The average Bonchev–Trinajstić information content (AvgIpc) is 2.76. The molecule has 7 heteroatoms. The van der Waals surface area contributed by atoms with Gasteiger partial charge < -0.3 is 5.32 Å². The van der Waals surface area contributed by atoms with E-state index in [-0.39, 0.29) is 10.8 Å². The van der Waals surface area contributed by atoms with E-state index in [0.29, 0.717) is 16.3 Å². The van der Waals surface area contributed by atoms with Gasteiger partial charge in [-0.2, -0.15) is 0 Å². The predicted octanol–water partition coefficient (Wildman–Crippen LogP) is 3.61. The van der Waals surface area contributed by atoms with Crippen LogP contribution in [-0.4, -0.2) is 14.3 Å². The fourth-order valence-corrected chi connectivity index (χ4v) is 4.32. The summed E-state index contributed by atoms with van der Waals surface area (Å²) in [5.41, 5.74) is 1.33. The Morgan fingerprint density at radius 2 is 1.88 bits per heavy atom. The van der Waals surface area contributed by atoms with Crippen molar-refractivity contribution >= 4 is 33.2 Å². The Balaban J connectivity index is 1.91. The molecule has 0 saturated heterocycles. The maximum atomic E-state index is 12.7. The van der Waals surface area contributed by atoms with Crippen LogP contribution in [0.15, 0.2) is 47.4 Å². The first-order valence-electron chi connectivity index (χ1n) is 7.85. The van der Waals surface area contributed by atoms with Crippen molar-refractivity contribution in [2.75, 3.05) is 5.32 Å². The van der Waals surface area contributed by atoms with Gasteiger partial charge in [0.2, 0.25) is 15.9 Å². The molecule has 25 heavy (non-hydrogen) atoms. The molecule has 2 aromatic rings. The SMILES string of the molecule is CC(NS(=O)(=O)c1ccc2c(c1)C(C)(C)C(=O)N2)c1cccc(Cl)c1. The number of anilines is 1. The third-order valence-corrected chi connectivity index (χ3v) is 6.24. The molecule has 0 spiro atoms. The first-order valence-corrected chi connectivity index (χ1v) is 9.71. The van der Waals surface area contributed by atoms with E-state index in [1.54, 1.807) is 51.1 Å². The highest BCUT2D eigenvalue weighted by molar-refractivity contribution is 7.89. The summed E-state index contributed by atoms with van der Waals surface area (Å²) in [4.78, 5) is 12.1. The fraction of sp³-hybridized carbons (Fsp3) is 0.278. The van der Waals surface area contributed by atoms with Crippen molar-refractivity contribution in [1.82, 2.24) is 4.72 Å². The molecule has 0 fully saturated rings. The summed E-state index contributed by atoms with van der Waals surface area (Å²) < 4.78 is 28.1. The largest absolute Gasteiger partial charge is 0.325 e. The molecular weight excluding hydrogens is 360 g/mol. The lowest BCUT2D eigenvalue weighted by molar-refractivity contribution is -0.119. The van der Waals surface area contributed by atoms with E-state index in [1.807, 2.05) is 6.07 Å². The summed E-state index contributed by atoms with van der Waals surface area (Å²) in [5.74, 6) is -0.141. The van der Waals surface area contributed by atoms with E-state index >= 15 is 0 Å². The number of rotatable bonds is 4. The Morgan fingerprint density at radius 1 is 1.16 bits per heavy atom. The summed E-state index contributed by atoms with van der Waals surface area (Å²) in [6.07, 6.45) is 0. The van der Waals surface area contributed by atoms with Gasteiger partial charge in [0.05, 0.1) is 10.3 Å². The van der Waals surface area contributed by atoms with E-state index < -0.39 is 21.5 Å². The van der Waals surface area contributed by atoms with Crippen molar-refractivity contribution in [2.24, 2.45) is 0 Å². The molecule has 1 amide bonds. The summed E-state index contributed by atoms with van der Waals surface area (Å²) in [6, 6.07) is 11.3. The van der Waals surface area contributed by atoms with Crippen LogP contribution >= 0.6 is 11.6 Å². The van der Waals surface area contributed by atoms with Gasteiger partial charge in [0.25, 0.3) is 0 Å². The van der Waals surface area contributed by atoms with Gasteiger partial charge in [0, 0.05) is 16.8 Å². The number of sulfonamides is 1. The lowest BCUT2D eigenvalue weighted by atomic mass is 9.86. The van der Waals surface area contributed by atoms with Gasteiger partial charge in [-0.05, 0) is 62.2 Å². The fourth-order valence-electron chi connectivity index (χ4n) is 2.86. The molecule has 0 aromatic heterocycles. The van der Waals surface area contributed by atoms with Crippen LogP contribution in [-0.2, 0) is 20.2 Å². The molecule has 0 aliphatic carbocycles. The molecule has 132 valence electrons. The van der Waals surface area contributed by atoms with E-state index in [1.165, 1.54) is 6.07 Å². The Kier molecular flexibility index (Phi) is 4.39. The number of nitrogens with one attached hydrogen (secondary N) is 2. The van der Waals surface area contributed by atoms with Gasteiger partial charge in [-0.25, -0.2) is 13.1 Å². The van der Waals surface area contributed by atoms with Crippen LogP contribution in [0.5, 0.6) is 0 Å². The second-order valence-electron chi connectivity index (χ2n) is 6.68. The molecule has 2 aromatic carbocycles. The normalized spacial score (nSPS) is 17.0. The Morgan fingerprint density at radius 3 is 2.56 bits per heavy atom. The molecule has 1 aliphatic rings. The smallest absolute Gasteiger partial charge is 0.241 e. The molecule has 0 radical (unpaired) electrons. The van der Waals surface area contributed by atoms with Crippen molar-refractivity contribution in [1.29, 1.82) is 0 Å². The van der Waals surface area contributed by atoms with Crippen molar-refractivity contribution in [3.63, 3.8) is 0 Å². The molecule has 1 atom stereocenters. The van der Waals surface area contributed by atoms with Gasteiger partial charge in [-0.15, -0.1) is 0 Å². The highest BCUT2D eigenvalue weighted by Gasteiger charge is 2.39. The van der Waals surface area contributed by atoms with E-state index in [9.17, 15) is 13.2 Å². The quantitative estimate of drug-likeness (QED) is 0.853. The zero-order valence-electron chi connectivity index (χ0n) is 14.1. The second-order valence-corrected chi connectivity index (χ2v) is 8.83. The third kappa shape index (κ3) is 3.29. The zero-order chi connectivity index (χ0) is 18.4. The number of hydrogen-bond donors (Lipinski definition) is 2. The number of carbonyl (C=O) groups is 1. The number of carbonyl (C=O) groups excluding carboxylic acids is 1. The molecule has 1 unspecified atom stereocenters. The molecular formula is C18H19ClN2O3S. The Labute approximate surface area is 152 Å². The molecule has 0 saturated carbocycles. The van der Waals surface area contributed by atoms with Crippen LogP contribution in [0.2, 0.25) is 5.02 Å². The van der Waals surface area contributed by atoms with Crippen LogP contribution < -0.4 is 10.0 Å². The number of benzene rings is 2. The number of hydrogen-bond acceptors (Lipinski definition) is 3. The van der Waals surface area contributed by atoms with Crippen LogP contribution in [0.3, 0.4) is 0 Å². The van der Waals surface area contributed by atoms with Gasteiger partial charge in [-0.1, -0.05) is 23.7 Å². The number of halogens is 1. The summed E-state index contributed by atoms with van der Waals surface area (Å²) >= 11 is 5.97. The predicted molar refractivity (Wildman–Crippen MR) is 98.3 cm³/mol. The topological polar surface area (TPSA) is 75.3 Å². The zero-order valence-corrected chi connectivity index (χ0v) is 15.7. The molecule has 2 N–H and O–H groups in total. The second kappa shape index (κ2) is 6.12. The molecule has 1 aliphatic heterocycles. The summed E-state index contributed by atoms with van der Waals surface area (Å²) in [7, 11) is -3.74. The summed E-state index contributed by atoms with van der Waals surface area (Å²) in [5, 5.41) is 3.32. The molecule has 0 bridgehead atoms. The van der Waals surface area contributed by atoms with E-state index in [0.717, 1.165) is 5.56 Å². The minimum absolute atomic E-state index is 0.129. The maximum Gasteiger partial charge on any atom is 0.241 e. The third-order valence-electron chi connectivity index (χ3n) is 4.47.